The van der Waals surface area contributed by atoms with E-state index < -0.39 is 0 Å². The Kier molecular flexibility index (Phi) is 5.62. The number of aryl methyl sites for hydroxylation is 2. The zero-order chi connectivity index (χ0) is 22.1. The van der Waals surface area contributed by atoms with Crippen LogP contribution in [0.5, 0.6) is 5.75 Å². The van der Waals surface area contributed by atoms with Crippen molar-refractivity contribution < 1.29 is 14.3 Å². The summed E-state index contributed by atoms with van der Waals surface area (Å²) in [4.78, 5) is 27.1. The van der Waals surface area contributed by atoms with Crippen LogP contribution in [-0.2, 0) is 17.6 Å². The molecule has 0 radical (unpaired) electrons. The lowest BCUT2D eigenvalue weighted by Crippen LogP contribution is -2.27. The van der Waals surface area contributed by atoms with Crippen LogP contribution in [0.15, 0.2) is 66.7 Å². The maximum absolute atomic E-state index is 12.7. The van der Waals surface area contributed by atoms with Crippen LogP contribution in [0, 0.1) is 0 Å². The minimum Gasteiger partial charge on any atom is -0.497 e. The molecular weight excluding hydrogens is 420 g/mol. The van der Waals surface area contributed by atoms with Crippen molar-refractivity contribution in [3.05, 3.63) is 89.0 Å². The minimum atomic E-state index is -0.175. The lowest BCUT2D eigenvalue weighted by molar-refractivity contribution is -0.115. The van der Waals surface area contributed by atoms with Gasteiger partial charge in [0.2, 0.25) is 5.91 Å². The normalized spacial score (nSPS) is 17.3. The third-order valence-corrected chi connectivity index (χ3v) is 7.25. The summed E-state index contributed by atoms with van der Waals surface area (Å²) >= 11 is 1.64. The molecule has 0 unspecified atom stereocenters. The topological polar surface area (TPSA) is 58.6 Å². The smallest absolute Gasteiger partial charge is 0.255 e. The fraction of sp³-hybridized carbons (Fsp3) is 0.231. The number of nitrogens with one attached hydrogen (secondary N) is 1. The molecule has 5 nitrogen and oxygen atoms in total. The molecule has 0 spiro atoms. The van der Waals surface area contributed by atoms with Crippen LogP contribution in [0.3, 0.4) is 0 Å². The summed E-state index contributed by atoms with van der Waals surface area (Å²) in [5.41, 5.74) is 6.07. The molecule has 162 valence electrons. The molecule has 0 bridgehead atoms. The van der Waals surface area contributed by atoms with E-state index >= 15 is 0 Å². The standard InChI is InChI=1S/C26H24N2O3S/c1-31-23-13-8-18(9-14-23)25(30)27-21-10-5-19(6-11-21)26-28(24(29)16-32-26)22-12-7-17-3-2-4-20(17)15-22/h5-15,26H,2-4,16H2,1H3,(H,27,30)/t26-/m1/s1. The number of carbonyl (C=O) groups excluding carboxylic acids is 2. The summed E-state index contributed by atoms with van der Waals surface area (Å²) in [7, 11) is 1.60. The van der Waals surface area contributed by atoms with Gasteiger partial charge >= 0.3 is 0 Å². The van der Waals surface area contributed by atoms with Gasteiger partial charge in [-0.05, 0) is 84.5 Å². The summed E-state index contributed by atoms with van der Waals surface area (Å²) in [6.45, 7) is 0. The predicted octanol–water partition coefficient (Wildman–Crippen LogP) is 5.21. The number of rotatable bonds is 5. The van der Waals surface area contributed by atoms with Crippen molar-refractivity contribution >= 4 is 35.0 Å². The van der Waals surface area contributed by atoms with Gasteiger partial charge in [-0.3, -0.25) is 14.5 Å². The fourth-order valence-corrected chi connectivity index (χ4v) is 5.51. The quantitative estimate of drug-likeness (QED) is 0.587. The van der Waals surface area contributed by atoms with Crippen LogP contribution in [-0.4, -0.2) is 24.7 Å². The number of amides is 2. The molecule has 1 fully saturated rings. The van der Waals surface area contributed by atoms with Crippen molar-refractivity contribution in [3.8, 4) is 5.75 Å². The molecule has 1 atom stereocenters. The molecule has 32 heavy (non-hydrogen) atoms. The molecule has 0 saturated carbocycles. The predicted molar refractivity (Wildman–Crippen MR) is 129 cm³/mol. The first kappa shape index (κ1) is 20.6. The monoisotopic (exact) mass is 444 g/mol. The highest BCUT2D eigenvalue weighted by Crippen LogP contribution is 2.43. The summed E-state index contributed by atoms with van der Waals surface area (Å²) in [6, 6.07) is 21.2. The highest BCUT2D eigenvalue weighted by atomic mass is 32.2. The Bertz CT molecular complexity index is 1160. The van der Waals surface area contributed by atoms with Crippen molar-refractivity contribution in [1.82, 2.24) is 0 Å². The van der Waals surface area contributed by atoms with Gasteiger partial charge < -0.3 is 10.1 Å². The van der Waals surface area contributed by atoms with E-state index in [0.29, 0.717) is 22.8 Å². The molecular formula is C26H24N2O3S. The molecule has 1 aliphatic carbocycles. The number of fused-ring (bicyclic) bond motifs is 1. The van der Waals surface area contributed by atoms with Gasteiger partial charge in [-0.1, -0.05) is 18.2 Å². The van der Waals surface area contributed by atoms with Crippen LogP contribution < -0.4 is 15.0 Å². The molecule has 1 aliphatic heterocycles. The minimum absolute atomic E-state index is 0.0618. The number of ether oxygens (including phenoxy) is 1. The number of hydrogen-bond donors (Lipinski definition) is 1. The molecule has 5 rings (SSSR count). The number of carbonyl (C=O) groups is 2. The van der Waals surface area contributed by atoms with Gasteiger partial charge in [0.25, 0.3) is 5.91 Å². The average Bonchev–Trinajstić information content (AvgIpc) is 3.45. The number of thioether (sulfide) groups is 1. The third kappa shape index (κ3) is 3.98. The van der Waals surface area contributed by atoms with Crippen molar-refractivity contribution in [2.45, 2.75) is 24.6 Å². The van der Waals surface area contributed by atoms with Gasteiger partial charge in [-0.25, -0.2) is 0 Å². The zero-order valence-electron chi connectivity index (χ0n) is 17.8. The molecule has 2 aliphatic rings. The maximum Gasteiger partial charge on any atom is 0.255 e. The van der Waals surface area contributed by atoms with Crippen molar-refractivity contribution in [3.63, 3.8) is 0 Å². The highest BCUT2D eigenvalue weighted by Gasteiger charge is 2.34. The van der Waals surface area contributed by atoms with Crippen molar-refractivity contribution in [2.75, 3.05) is 23.1 Å². The summed E-state index contributed by atoms with van der Waals surface area (Å²) in [5, 5.41) is 2.86. The molecule has 2 amide bonds. The number of anilines is 2. The zero-order valence-corrected chi connectivity index (χ0v) is 18.7. The molecule has 1 N–H and O–H groups in total. The summed E-state index contributed by atoms with van der Waals surface area (Å²) in [6.07, 6.45) is 3.41. The number of benzene rings is 3. The second-order valence-corrected chi connectivity index (χ2v) is 9.11. The maximum atomic E-state index is 12.7. The van der Waals surface area contributed by atoms with Crippen molar-refractivity contribution in [2.24, 2.45) is 0 Å². The first-order chi connectivity index (χ1) is 15.6. The Labute approximate surface area is 191 Å². The fourth-order valence-electron chi connectivity index (χ4n) is 4.33. The lowest BCUT2D eigenvalue weighted by atomic mass is 10.1. The van der Waals surface area contributed by atoms with Crippen LogP contribution in [0.4, 0.5) is 11.4 Å². The third-order valence-electron chi connectivity index (χ3n) is 6.03. The highest BCUT2D eigenvalue weighted by molar-refractivity contribution is 8.00. The second-order valence-electron chi connectivity index (χ2n) is 8.04. The SMILES string of the molecule is COc1ccc(C(=O)Nc2ccc([C@H]3SCC(=O)N3c3ccc4c(c3)CCC4)cc2)cc1. The second kappa shape index (κ2) is 8.71. The molecule has 1 heterocycles. The van der Waals surface area contributed by atoms with E-state index in [9.17, 15) is 9.59 Å². The molecule has 6 heteroatoms. The first-order valence-corrected chi connectivity index (χ1v) is 11.8. The molecule has 3 aromatic carbocycles. The van der Waals surface area contributed by atoms with Gasteiger partial charge in [-0.2, -0.15) is 0 Å². The van der Waals surface area contributed by atoms with Crippen molar-refractivity contribution in [1.29, 1.82) is 0 Å². The average molecular weight is 445 g/mol. The van der Waals surface area contributed by atoms with E-state index in [1.165, 1.54) is 17.5 Å². The van der Waals surface area contributed by atoms with Crippen LogP contribution in [0.1, 0.15) is 38.8 Å². The van der Waals surface area contributed by atoms with Gasteiger partial charge in [0.1, 0.15) is 11.1 Å². The van der Waals surface area contributed by atoms with Gasteiger partial charge in [-0.15, -0.1) is 11.8 Å². The van der Waals surface area contributed by atoms with Gasteiger partial charge in [0.05, 0.1) is 12.9 Å². The Morgan fingerprint density at radius 3 is 2.50 bits per heavy atom. The summed E-state index contributed by atoms with van der Waals surface area (Å²) in [5.74, 6) is 1.14. The molecule has 0 aromatic heterocycles. The Hall–Kier alpha value is -3.25. The summed E-state index contributed by atoms with van der Waals surface area (Å²) < 4.78 is 5.14. The van der Waals surface area contributed by atoms with Gasteiger partial charge in [0.15, 0.2) is 0 Å². The van der Waals surface area contributed by atoms with E-state index in [1.807, 2.05) is 29.2 Å². The van der Waals surface area contributed by atoms with Crippen LogP contribution in [0.2, 0.25) is 0 Å². The van der Waals surface area contributed by atoms with E-state index in [-0.39, 0.29) is 17.2 Å². The Morgan fingerprint density at radius 2 is 1.75 bits per heavy atom. The lowest BCUT2D eigenvalue weighted by Gasteiger charge is -2.25. The Balaban J connectivity index is 1.32. The number of nitrogens with zero attached hydrogens (tertiary/aromatic N) is 1. The number of hydrogen-bond acceptors (Lipinski definition) is 4. The first-order valence-electron chi connectivity index (χ1n) is 10.7. The molecule has 1 saturated heterocycles. The van der Waals surface area contributed by atoms with E-state index in [0.717, 1.165) is 24.1 Å². The largest absolute Gasteiger partial charge is 0.497 e. The van der Waals surface area contributed by atoms with Crippen LogP contribution in [0.25, 0.3) is 0 Å². The Morgan fingerprint density at radius 1 is 1.00 bits per heavy atom. The van der Waals surface area contributed by atoms with E-state index in [2.05, 4.69) is 23.5 Å². The van der Waals surface area contributed by atoms with Crippen LogP contribution >= 0.6 is 11.8 Å². The molecule has 3 aromatic rings. The van der Waals surface area contributed by atoms with E-state index in [4.69, 9.17) is 4.74 Å². The van der Waals surface area contributed by atoms with Gasteiger partial charge in [0, 0.05) is 16.9 Å². The number of methoxy groups -OCH3 is 1. The van der Waals surface area contributed by atoms with E-state index in [1.54, 1.807) is 43.1 Å².